The maximum atomic E-state index is 6.81. The lowest BCUT2D eigenvalue weighted by atomic mass is 10.1. The number of aliphatic imine (C=N–C) groups is 2. The van der Waals surface area contributed by atoms with Gasteiger partial charge in [-0.25, -0.2) is 4.98 Å². The summed E-state index contributed by atoms with van der Waals surface area (Å²) in [6.07, 6.45) is 15.2. The zero-order valence-electron chi connectivity index (χ0n) is 37.3. The zero-order valence-corrected chi connectivity index (χ0v) is 40.8. The highest BCUT2D eigenvalue weighted by Crippen LogP contribution is 2.39. The van der Waals surface area contributed by atoms with Crippen molar-refractivity contribution in [1.82, 2.24) is 4.98 Å². The predicted molar refractivity (Wildman–Crippen MR) is 258 cm³/mol. The normalized spacial score (nSPS) is 12.9. The highest BCUT2D eigenvalue weighted by molar-refractivity contribution is 6.83. The number of benzene rings is 2. The Morgan fingerprint density at radius 1 is 0.482 bits per heavy atom. The molecule has 0 amide bonds. The van der Waals surface area contributed by atoms with E-state index in [0.717, 1.165) is 78.6 Å². The fraction of sp³-hybridized carbons (Fsp3) is 0.612. The molecule has 0 saturated carbocycles. The average molecular weight is 835 g/mol. The standard InChI is InChI=1S/C49H77Cl2N3Si2/c1-11-17-30-55(31-18-12-2,32-19-13-3)36-46(53-48-38(7)26-28-42(50)40(48)9)44-24-23-25-45(52-44)47(54-49-39(8)27-29-43(51)41(49)10)37-56(33-20-14-4,34-21-15-5)35-22-16-6/h23-29H,11-22,30-37H2,1-10H3. The van der Waals surface area contributed by atoms with Crippen LogP contribution in [0.15, 0.2) is 52.4 Å². The number of aromatic nitrogens is 1. The van der Waals surface area contributed by atoms with E-state index >= 15 is 0 Å². The molecule has 1 aromatic heterocycles. The summed E-state index contributed by atoms with van der Waals surface area (Å²) >= 11 is 13.6. The molecule has 0 fully saturated rings. The first-order valence-electron chi connectivity index (χ1n) is 22.6. The van der Waals surface area contributed by atoms with Gasteiger partial charge in [0, 0.05) is 10.0 Å². The Morgan fingerprint density at radius 3 is 1.07 bits per heavy atom. The molecule has 0 aliphatic rings. The maximum Gasteiger partial charge on any atom is 0.0849 e. The minimum absolute atomic E-state index is 0.774. The number of halogens is 2. The molecule has 3 aromatic rings. The molecule has 56 heavy (non-hydrogen) atoms. The van der Waals surface area contributed by atoms with Crippen LogP contribution < -0.4 is 0 Å². The van der Waals surface area contributed by atoms with E-state index in [1.54, 1.807) is 0 Å². The Kier molecular flexibility index (Phi) is 21.4. The number of unbranched alkanes of at least 4 members (excludes halogenated alkanes) is 6. The first-order valence-corrected chi connectivity index (χ1v) is 29.0. The smallest absolute Gasteiger partial charge is 0.0849 e. The van der Waals surface area contributed by atoms with Crippen molar-refractivity contribution in [2.45, 2.75) is 195 Å². The van der Waals surface area contributed by atoms with Crippen molar-refractivity contribution in [3.05, 3.63) is 86.2 Å². The van der Waals surface area contributed by atoms with E-state index in [2.05, 4.69) is 99.6 Å². The summed E-state index contributed by atoms with van der Waals surface area (Å²) in [4.78, 5) is 17.0. The lowest BCUT2D eigenvalue weighted by Gasteiger charge is -2.34. The molecule has 3 nitrogen and oxygen atoms in total. The number of rotatable bonds is 26. The predicted octanol–water partition coefficient (Wildman–Crippen LogP) is 17.6. The van der Waals surface area contributed by atoms with E-state index in [1.165, 1.54) is 113 Å². The maximum absolute atomic E-state index is 6.81. The van der Waals surface area contributed by atoms with Gasteiger partial charge in [0.25, 0.3) is 0 Å². The molecule has 2 aromatic carbocycles. The molecule has 0 aliphatic heterocycles. The number of pyridine rings is 1. The van der Waals surface area contributed by atoms with Crippen LogP contribution >= 0.6 is 23.2 Å². The van der Waals surface area contributed by atoms with Gasteiger partial charge in [-0.3, -0.25) is 9.98 Å². The lowest BCUT2D eigenvalue weighted by molar-refractivity contribution is 0.791. The SMILES string of the molecule is CCCC[Si](CCCC)(CCCC)CC(=Nc1c(C)ccc(Cl)c1C)c1cccc(C(C[Si](CCCC)(CCCC)CCCC)=Nc2c(C)ccc(Cl)c2C)n1. The molecule has 0 aliphatic carbocycles. The fourth-order valence-corrected chi connectivity index (χ4v) is 20.1. The first-order chi connectivity index (χ1) is 26.9. The van der Waals surface area contributed by atoms with Crippen molar-refractivity contribution in [1.29, 1.82) is 0 Å². The molecule has 0 unspecified atom stereocenters. The third-order valence-corrected chi connectivity index (χ3v) is 23.9. The van der Waals surface area contributed by atoms with Gasteiger partial charge in [-0.15, -0.1) is 0 Å². The third-order valence-electron chi connectivity index (χ3n) is 12.4. The van der Waals surface area contributed by atoms with Gasteiger partial charge < -0.3 is 0 Å². The van der Waals surface area contributed by atoms with Crippen LogP contribution in [0.1, 0.15) is 152 Å². The molecule has 0 spiro atoms. The molecule has 1 heterocycles. The molecule has 0 N–H and O–H groups in total. The number of aryl methyl sites for hydroxylation is 2. The Bertz CT molecular complexity index is 1550. The minimum Gasteiger partial charge on any atom is -0.251 e. The average Bonchev–Trinajstić information content (AvgIpc) is 3.21. The fourth-order valence-electron chi connectivity index (χ4n) is 8.67. The Balaban J connectivity index is 2.40. The molecule has 0 radical (unpaired) electrons. The van der Waals surface area contributed by atoms with Crippen molar-refractivity contribution in [3.8, 4) is 0 Å². The van der Waals surface area contributed by atoms with E-state index in [0.29, 0.717) is 0 Å². The topological polar surface area (TPSA) is 37.6 Å². The molecule has 310 valence electrons. The van der Waals surface area contributed by atoms with Crippen LogP contribution in [-0.4, -0.2) is 32.6 Å². The second-order valence-corrected chi connectivity index (χ2v) is 27.7. The minimum atomic E-state index is -1.76. The quantitative estimate of drug-likeness (QED) is 0.0586. The summed E-state index contributed by atoms with van der Waals surface area (Å²) < 4.78 is 0. The van der Waals surface area contributed by atoms with Gasteiger partial charge in [0.15, 0.2) is 0 Å². The number of hydrogen-bond acceptors (Lipinski definition) is 3. The summed E-state index contributed by atoms with van der Waals surface area (Å²) in [6.45, 7) is 22.7. The van der Waals surface area contributed by atoms with Crippen molar-refractivity contribution >= 4 is 62.1 Å². The molecule has 7 heteroatoms. The highest BCUT2D eigenvalue weighted by atomic mass is 35.5. The van der Waals surface area contributed by atoms with Crippen LogP contribution in [0.25, 0.3) is 0 Å². The number of hydrogen-bond donors (Lipinski definition) is 0. The molecular weight excluding hydrogens is 758 g/mol. The van der Waals surface area contributed by atoms with Gasteiger partial charge >= 0.3 is 0 Å². The van der Waals surface area contributed by atoms with Gasteiger partial charge in [0.05, 0.1) is 50.3 Å². The van der Waals surface area contributed by atoms with Crippen LogP contribution in [0.4, 0.5) is 11.4 Å². The van der Waals surface area contributed by atoms with Gasteiger partial charge in [-0.05, 0) is 86.3 Å². The molecule has 0 bridgehead atoms. The van der Waals surface area contributed by atoms with E-state index in [-0.39, 0.29) is 0 Å². The monoisotopic (exact) mass is 834 g/mol. The van der Waals surface area contributed by atoms with Crippen molar-refractivity contribution in [2.75, 3.05) is 0 Å². The number of nitrogens with zero attached hydrogens (tertiary/aromatic N) is 3. The second-order valence-electron chi connectivity index (χ2n) is 17.2. The van der Waals surface area contributed by atoms with E-state index < -0.39 is 16.1 Å². The Labute approximate surface area is 356 Å². The van der Waals surface area contributed by atoms with Crippen molar-refractivity contribution < 1.29 is 0 Å². The molecule has 0 saturated heterocycles. The van der Waals surface area contributed by atoms with Crippen LogP contribution in [0.2, 0.25) is 58.4 Å². The van der Waals surface area contributed by atoms with E-state index in [4.69, 9.17) is 38.2 Å². The van der Waals surface area contributed by atoms with Crippen LogP contribution in [0, 0.1) is 27.7 Å². The van der Waals surface area contributed by atoms with Gasteiger partial charge in [0.1, 0.15) is 0 Å². The highest BCUT2D eigenvalue weighted by Gasteiger charge is 2.35. The summed E-state index contributed by atoms with van der Waals surface area (Å²) in [5, 5.41) is 1.55. The van der Waals surface area contributed by atoms with Gasteiger partial charge in [-0.2, -0.15) is 0 Å². The second kappa shape index (κ2) is 24.8. The Hall–Kier alpha value is -2.06. The van der Waals surface area contributed by atoms with Crippen LogP contribution in [-0.2, 0) is 0 Å². The van der Waals surface area contributed by atoms with E-state index in [9.17, 15) is 0 Å². The summed E-state index contributed by atoms with van der Waals surface area (Å²) in [7, 11) is -3.52. The summed E-state index contributed by atoms with van der Waals surface area (Å²) in [6, 6.07) is 25.2. The molecular formula is C49H77Cl2N3Si2. The Morgan fingerprint density at radius 2 is 0.786 bits per heavy atom. The van der Waals surface area contributed by atoms with Crippen LogP contribution in [0.5, 0.6) is 0 Å². The van der Waals surface area contributed by atoms with Gasteiger partial charge in [0.2, 0.25) is 0 Å². The van der Waals surface area contributed by atoms with Gasteiger partial charge in [-0.1, -0.05) is 196 Å². The van der Waals surface area contributed by atoms with Crippen LogP contribution in [0.3, 0.4) is 0 Å². The summed E-state index contributed by atoms with van der Waals surface area (Å²) in [5.41, 5.74) is 10.8. The largest absolute Gasteiger partial charge is 0.251 e. The molecule has 3 rings (SSSR count). The molecule has 0 atom stereocenters. The lowest BCUT2D eigenvalue weighted by Crippen LogP contribution is -2.37. The van der Waals surface area contributed by atoms with Crippen molar-refractivity contribution in [2.24, 2.45) is 9.98 Å². The van der Waals surface area contributed by atoms with Crippen molar-refractivity contribution in [3.63, 3.8) is 0 Å². The zero-order chi connectivity index (χ0) is 41.1. The first kappa shape index (κ1) is 48.3. The third kappa shape index (κ3) is 14.1. The summed E-state index contributed by atoms with van der Waals surface area (Å²) in [5.74, 6) is 0. The van der Waals surface area contributed by atoms with E-state index in [1.807, 2.05) is 12.1 Å².